The van der Waals surface area contributed by atoms with Crippen LogP contribution in [0.1, 0.15) is 25.2 Å². The van der Waals surface area contributed by atoms with E-state index in [0.717, 1.165) is 39.1 Å². The number of aromatic nitrogens is 8. The van der Waals surface area contributed by atoms with E-state index in [-0.39, 0.29) is 0 Å². The number of halogens is 2. The van der Waals surface area contributed by atoms with Gasteiger partial charge in [0.2, 0.25) is 11.2 Å². The van der Waals surface area contributed by atoms with Gasteiger partial charge in [0, 0.05) is 13.1 Å². The van der Waals surface area contributed by atoms with Gasteiger partial charge in [-0.05, 0) is 24.2 Å². The Morgan fingerprint density at radius 1 is 1.16 bits per heavy atom. The molecule has 0 saturated heterocycles. The molecular formula is C17H26B2I2N8P2+. The third-order valence-electron chi connectivity index (χ3n) is 4.63. The van der Waals surface area contributed by atoms with Crippen molar-refractivity contribution in [1.82, 2.24) is 34.6 Å². The minimum atomic E-state index is -0.404. The lowest BCUT2D eigenvalue weighted by atomic mass is 10.2. The molecule has 163 valence electrons. The van der Waals surface area contributed by atoms with E-state index in [0.29, 0.717) is 24.9 Å². The molecule has 3 heterocycles. The molecule has 3 aromatic rings. The van der Waals surface area contributed by atoms with Crippen molar-refractivity contribution in [3.63, 3.8) is 0 Å². The summed E-state index contributed by atoms with van der Waals surface area (Å²) in [6.45, 7) is 7.62. The summed E-state index contributed by atoms with van der Waals surface area (Å²) in [5.41, 5.74) is 1.51. The van der Waals surface area contributed by atoms with Gasteiger partial charge in [0.1, 0.15) is 44.4 Å². The van der Waals surface area contributed by atoms with Crippen LogP contribution in [0.4, 0.5) is 0 Å². The van der Waals surface area contributed by atoms with Crippen LogP contribution >= 0.6 is 58.3 Å². The predicted molar refractivity (Wildman–Crippen MR) is 146 cm³/mol. The third kappa shape index (κ3) is 9.01. The van der Waals surface area contributed by atoms with Crippen molar-refractivity contribution in [1.29, 1.82) is 0 Å². The monoisotopic (exact) mass is 680 g/mol. The first-order valence-corrected chi connectivity index (χ1v) is 17.0. The fourth-order valence-corrected chi connectivity index (χ4v) is 7.42. The number of hydrogen-bond acceptors (Lipinski definition) is 4. The Labute approximate surface area is 215 Å². The highest BCUT2D eigenvalue weighted by Crippen LogP contribution is 2.41. The smallest absolute Gasteiger partial charge is 0.244 e. The first-order valence-electron chi connectivity index (χ1n) is 10.1. The molecule has 0 spiro atoms. The van der Waals surface area contributed by atoms with Crippen LogP contribution in [0.2, 0.25) is 0 Å². The van der Waals surface area contributed by atoms with E-state index < -0.39 is 5.44 Å². The second-order valence-electron chi connectivity index (χ2n) is 7.93. The van der Waals surface area contributed by atoms with E-state index in [2.05, 4.69) is 105 Å². The van der Waals surface area contributed by atoms with Gasteiger partial charge in [-0.15, -0.1) is 18.7 Å². The zero-order chi connectivity index (χ0) is 22.2. The lowest BCUT2D eigenvalue weighted by Crippen LogP contribution is -2.31. The summed E-state index contributed by atoms with van der Waals surface area (Å²) < 4.78 is 8.10. The maximum absolute atomic E-state index is 5.94. The van der Waals surface area contributed by atoms with Crippen molar-refractivity contribution in [2.24, 2.45) is 11.8 Å². The summed E-state index contributed by atoms with van der Waals surface area (Å²) in [6.07, 6.45) is 12.5. The highest BCUT2D eigenvalue weighted by atomic mass is 127. The second kappa shape index (κ2) is 13.0. The fourth-order valence-electron chi connectivity index (χ4n) is 3.30. The highest BCUT2D eigenvalue weighted by Gasteiger charge is 2.13. The molecule has 4 atom stereocenters. The van der Waals surface area contributed by atoms with Gasteiger partial charge in [-0.1, -0.05) is 51.8 Å². The van der Waals surface area contributed by atoms with Gasteiger partial charge < -0.3 is 0 Å². The molecule has 0 amide bonds. The molecule has 14 heteroatoms. The lowest BCUT2D eigenvalue weighted by molar-refractivity contribution is -0.688. The topological polar surface area (TPSA) is 70.2 Å². The van der Waals surface area contributed by atoms with E-state index in [1.165, 1.54) is 6.16 Å². The number of hydrogen-bond donors (Lipinski definition) is 0. The van der Waals surface area contributed by atoms with E-state index in [1.807, 2.05) is 28.0 Å². The molecule has 31 heavy (non-hydrogen) atoms. The van der Waals surface area contributed by atoms with Gasteiger partial charge in [-0.3, -0.25) is 9.36 Å². The average Bonchev–Trinajstić information content (AvgIpc) is 3.43. The van der Waals surface area contributed by atoms with Gasteiger partial charge in [0.15, 0.2) is 0 Å². The van der Waals surface area contributed by atoms with Gasteiger partial charge in [0.25, 0.3) is 0 Å². The first kappa shape index (κ1) is 25.6. The molecule has 0 saturated carbocycles. The largest absolute Gasteiger partial charge is 0.252 e. The van der Waals surface area contributed by atoms with Crippen molar-refractivity contribution >= 4 is 70.7 Å². The minimum absolute atomic E-state index is 0.404. The summed E-state index contributed by atoms with van der Waals surface area (Å²) in [5, 5.41) is 17.2. The molecule has 3 rings (SSSR count). The van der Waals surface area contributed by atoms with Crippen LogP contribution in [0.15, 0.2) is 31.1 Å². The summed E-state index contributed by atoms with van der Waals surface area (Å²) in [7, 11) is 6.84. The normalized spacial score (nSPS) is 14.8. The Morgan fingerprint density at radius 2 is 1.84 bits per heavy atom. The van der Waals surface area contributed by atoms with Crippen molar-refractivity contribution in [3.05, 3.63) is 42.5 Å². The molecule has 3 radical (unpaired) electrons. The Hall–Kier alpha value is -0.0601. The van der Waals surface area contributed by atoms with Crippen molar-refractivity contribution in [3.8, 4) is 0 Å². The first-order chi connectivity index (χ1) is 14.9. The van der Waals surface area contributed by atoms with Crippen LogP contribution in [0.5, 0.6) is 0 Å². The van der Waals surface area contributed by atoms with Crippen molar-refractivity contribution in [2.75, 3.05) is 12.3 Å². The summed E-state index contributed by atoms with van der Waals surface area (Å²) >= 11 is 4.64. The van der Waals surface area contributed by atoms with Gasteiger partial charge in [-0.25, -0.2) is 9.13 Å². The van der Waals surface area contributed by atoms with Crippen LogP contribution < -0.4 is 4.57 Å². The van der Waals surface area contributed by atoms with Crippen LogP contribution in [-0.2, 0) is 26.2 Å². The Balaban J connectivity index is 1.50. The summed E-state index contributed by atoms with van der Waals surface area (Å²) in [5.74, 6) is 1.10. The van der Waals surface area contributed by atoms with E-state index in [9.17, 15) is 0 Å². The highest BCUT2D eigenvalue weighted by molar-refractivity contribution is 14.2. The molecule has 0 bridgehead atoms. The fraction of sp³-hybridized carbons (Fsp3) is 0.588. The van der Waals surface area contributed by atoms with Gasteiger partial charge >= 0.3 is 0 Å². The Bertz CT molecular complexity index is 935. The molecule has 0 N–H and O–H groups in total. The molecule has 0 fully saturated rings. The minimum Gasteiger partial charge on any atom is -0.252 e. The standard InChI is InChI=1S/C17H26B2I2N8P2/c1-14(11-30-19-20)5-28-9-16(22-24-28)7-26-3-4-27(13-26)8-17-10-29(25-23-17)6-15(2)12-31(18)21/h3-4,9-10,13-15,30H,5-8,11-12H2,1-2H3/q+1. The maximum Gasteiger partial charge on any atom is 0.244 e. The van der Waals surface area contributed by atoms with E-state index >= 15 is 0 Å². The van der Waals surface area contributed by atoms with Gasteiger partial charge in [0.05, 0.1) is 12.4 Å². The van der Waals surface area contributed by atoms with Crippen LogP contribution in [0.3, 0.4) is 0 Å². The number of rotatable bonds is 13. The Kier molecular flexibility index (Phi) is 10.7. The zero-order valence-corrected chi connectivity index (χ0v) is 23.9. The number of nitrogens with zero attached hydrogens (tertiary/aromatic N) is 8. The molecule has 8 nitrogen and oxygen atoms in total. The van der Waals surface area contributed by atoms with E-state index in [4.69, 9.17) is 7.57 Å². The molecule has 3 aromatic heterocycles. The van der Waals surface area contributed by atoms with Crippen LogP contribution in [0, 0.1) is 11.8 Å². The zero-order valence-electron chi connectivity index (χ0n) is 17.7. The molecule has 4 unspecified atom stereocenters. The van der Waals surface area contributed by atoms with Crippen LogP contribution in [0.25, 0.3) is 0 Å². The predicted octanol–water partition coefficient (Wildman–Crippen LogP) is 2.89. The van der Waals surface area contributed by atoms with Crippen molar-refractivity contribution in [2.45, 2.75) is 40.0 Å². The Morgan fingerprint density at radius 3 is 2.55 bits per heavy atom. The van der Waals surface area contributed by atoms with Crippen LogP contribution in [-0.4, -0.2) is 59.3 Å². The second-order valence-corrected chi connectivity index (χ2v) is 15.7. The van der Waals surface area contributed by atoms with Crippen molar-refractivity contribution < 1.29 is 4.57 Å². The molecular weight excluding hydrogens is 654 g/mol. The molecule has 0 aromatic carbocycles. The lowest BCUT2D eigenvalue weighted by Gasteiger charge is -2.12. The molecule has 0 aliphatic rings. The average molecular weight is 680 g/mol. The summed E-state index contributed by atoms with van der Waals surface area (Å²) in [6, 6.07) is 0. The third-order valence-corrected chi connectivity index (χ3v) is 9.20. The quantitative estimate of drug-likeness (QED) is 0.121. The number of imidazole rings is 1. The SMILES string of the molecule is [B]P(I)CC(C)Cn1cc(C[n+]2ccn(Cc3cn(CC(C)CP[B]I)nn3)c2)nn1. The molecule has 0 aliphatic carbocycles. The summed E-state index contributed by atoms with van der Waals surface area (Å²) in [4.78, 5) is 2.21. The molecule has 0 aliphatic heterocycles. The van der Waals surface area contributed by atoms with E-state index in [1.54, 1.807) is 0 Å². The van der Waals surface area contributed by atoms with Gasteiger partial charge in [-0.2, -0.15) is 22.4 Å². The maximum atomic E-state index is 5.94.